The van der Waals surface area contributed by atoms with Gasteiger partial charge in [0.15, 0.2) is 0 Å². The Labute approximate surface area is 179 Å². The van der Waals surface area contributed by atoms with Gasteiger partial charge in [-0.1, -0.05) is 30.3 Å². The van der Waals surface area contributed by atoms with E-state index in [1.807, 2.05) is 24.3 Å². The van der Waals surface area contributed by atoms with E-state index in [0.717, 1.165) is 5.75 Å². The SMILES string of the molecule is COCCOCCOCCOCCOCCOCCOc1ccc2ccccc2c1. The molecule has 0 aliphatic rings. The first kappa shape index (κ1) is 24.5. The van der Waals surface area contributed by atoms with Gasteiger partial charge in [0.2, 0.25) is 0 Å². The van der Waals surface area contributed by atoms with Crippen molar-refractivity contribution in [2.24, 2.45) is 0 Å². The van der Waals surface area contributed by atoms with Crippen LogP contribution in [0.3, 0.4) is 0 Å². The molecule has 0 fully saturated rings. The molecule has 0 heterocycles. The first-order chi connectivity index (χ1) is 14.9. The van der Waals surface area contributed by atoms with Crippen LogP contribution in [0.2, 0.25) is 0 Å². The van der Waals surface area contributed by atoms with E-state index in [0.29, 0.717) is 79.3 Å². The third kappa shape index (κ3) is 11.4. The van der Waals surface area contributed by atoms with Crippen LogP contribution in [0.4, 0.5) is 0 Å². The van der Waals surface area contributed by atoms with Crippen LogP contribution in [-0.4, -0.2) is 86.4 Å². The van der Waals surface area contributed by atoms with Crippen molar-refractivity contribution in [3.05, 3.63) is 42.5 Å². The average Bonchev–Trinajstić information content (AvgIpc) is 2.78. The van der Waals surface area contributed by atoms with E-state index >= 15 is 0 Å². The van der Waals surface area contributed by atoms with Crippen LogP contribution in [0.25, 0.3) is 10.8 Å². The van der Waals surface area contributed by atoms with Gasteiger partial charge in [-0.05, 0) is 22.9 Å². The average molecular weight is 423 g/mol. The summed E-state index contributed by atoms with van der Waals surface area (Å²) in [6, 6.07) is 14.3. The van der Waals surface area contributed by atoms with E-state index in [-0.39, 0.29) is 0 Å². The van der Waals surface area contributed by atoms with Gasteiger partial charge < -0.3 is 33.2 Å². The van der Waals surface area contributed by atoms with E-state index in [1.165, 1.54) is 10.8 Å². The topological polar surface area (TPSA) is 64.6 Å². The van der Waals surface area contributed by atoms with Gasteiger partial charge in [0.1, 0.15) is 12.4 Å². The molecule has 0 amide bonds. The van der Waals surface area contributed by atoms with E-state index in [4.69, 9.17) is 33.2 Å². The molecular weight excluding hydrogens is 388 g/mol. The molecule has 2 aromatic carbocycles. The number of hydrogen-bond donors (Lipinski definition) is 0. The van der Waals surface area contributed by atoms with Gasteiger partial charge in [-0.2, -0.15) is 0 Å². The lowest BCUT2D eigenvalue weighted by Crippen LogP contribution is -2.14. The van der Waals surface area contributed by atoms with Crippen molar-refractivity contribution >= 4 is 10.8 Å². The second-order valence-corrected chi connectivity index (χ2v) is 6.41. The summed E-state index contributed by atoms with van der Waals surface area (Å²) in [7, 11) is 1.65. The molecule has 30 heavy (non-hydrogen) atoms. The molecular formula is C23H34O7. The fourth-order valence-electron chi connectivity index (χ4n) is 2.60. The molecule has 0 aromatic heterocycles. The van der Waals surface area contributed by atoms with E-state index in [1.54, 1.807) is 7.11 Å². The highest BCUT2D eigenvalue weighted by molar-refractivity contribution is 5.83. The van der Waals surface area contributed by atoms with Crippen molar-refractivity contribution < 1.29 is 33.2 Å². The van der Waals surface area contributed by atoms with Gasteiger partial charge in [0, 0.05) is 7.11 Å². The van der Waals surface area contributed by atoms with E-state index in [9.17, 15) is 0 Å². The minimum Gasteiger partial charge on any atom is -0.491 e. The maximum Gasteiger partial charge on any atom is 0.120 e. The molecule has 0 atom stereocenters. The van der Waals surface area contributed by atoms with Crippen LogP contribution in [0.15, 0.2) is 42.5 Å². The number of ether oxygens (including phenoxy) is 7. The molecule has 0 radical (unpaired) electrons. The van der Waals surface area contributed by atoms with Gasteiger partial charge >= 0.3 is 0 Å². The summed E-state index contributed by atoms with van der Waals surface area (Å²) in [5.41, 5.74) is 0. The van der Waals surface area contributed by atoms with Crippen LogP contribution in [0.5, 0.6) is 5.75 Å². The second kappa shape index (κ2) is 17.0. The fourth-order valence-corrected chi connectivity index (χ4v) is 2.60. The van der Waals surface area contributed by atoms with Crippen molar-refractivity contribution in [1.29, 1.82) is 0 Å². The molecule has 0 spiro atoms. The number of hydrogen-bond acceptors (Lipinski definition) is 7. The van der Waals surface area contributed by atoms with Crippen molar-refractivity contribution in [3.63, 3.8) is 0 Å². The summed E-state index contributed by atoms with van der Waals surface area (Å²) >= 11 is 0. The highest BCUT2D eigenvalue weighted by Crippen LogP contribution is 2.20. The molecule has 0 aliphatic carbocycles. The molecule has 0 N–H and O–H groups in total. The minimum atomic E-state index is 0.513. The van der Waals surface area contributed by atoms with Gasteiger partial charge in [-0.25, -0.2) is 0 Å². The molecule has 7 heteroatoms. The predicted molar refractivity (Wildman–Crippen MR) is 115 cm³/mol. The summed E-state index contributed by atoms with van der Waals surface area (Å²) in [6.45, 7) is 6.61. The molecule has 0 saturated heterocycles. The van der Waals surface area contributed by atoms with Crippen molar-refractivity contribution in [3.8, 4) is 5.75 Å². The Balaban J connectivity index is 1.31. The summed E-state index contributed by atoms with van der Waals surface area (Å²) in [6.07, 6.45) is 0. The van der Waals surface area contributed by atoms with Gasteiger partial charge in [-0.3, -0.25) is 0 Å². The smallest absolute Gasteiger partial charge is 0.120 e. The number of benzene rings is 2. The Morgan fingerprint density at radius 3 is 1.50 bits per heavy atom. The monoisotopic (exact) mass is 422 g/mol. The van der Waals surface area contributed by atoms with Crippen molar-refractivity contribution in [1.82, 2.24) is 0 Å². The molecule has 7 nitrogen and oxygen atoms in total. The van der Waals surface area contributed by atoms with Crippen molar-refractivity contribution in [2.75, 3.05) is 86.4 Å². The summed E-state index contributed by atoms with van der Waals surface area (Å²) < 4.78 is 37.7. The Hall–Kier alpha value is -1.74. The lowest BCUT2D eigenvalue weighted by Gasteiger charge is -2.09. The van der Waals surface area contributed by atoms with Gasteiger partial charge in [0.05, 0.1) is 72.7 Å². The summed E-state index contributed by atoms with van der Waals surface area (Å²) in [4.78, 5) is 0. The van der Waals surface area contributed by atoms with E-state index in [2.05, 4.69) is 18.2 Å². The molecule has 2 rings (SSSR count). The quantitative estimate of drug-likeness (QED) is 0.323. The van der Waals surface area contributed by atoms with Crippen molar-refractivity contribution in [2.45, 2.75) is 0 Å². The van der Waals surface area contributed by atoms with Gasteiger partial charge in [0.25, 0.3) is 0 Å². The number of rotatable bonds is 19. The normalized spacial score (nSPS) is 11.2. The Bertz CT molecular complexity index is 665. The third-order valence-corrected chi connectivity index (χ3v) is 4.14. The standard InChI is InChI=1S/C23H34O7/c1-24-8-9-25-10-11-26-12-13-27-14-15-28-16-17-29-18-19-30-23-7-6-21-4-2-3-5-22(21)20-23/h2-7,20H,8-19H2,1H3. The largest absolute Gasteiger partial charge is 0.491 e. The van der Waals surface area contributed by atoms with Gasteiger partial charge in [-0.15, -0.1) is 0 Å². The Kier molecular flexibility index (Phi) is 13.9. The number of methoxy groups -OCH3 is 1. The number of fused-ring (bicyclic) bond motifs is 1. The lowest BCUT2D eigenvalue weighted by atomic mass is 10.1. The summed E-state index contributed by atoms with van der Waals surface area (Å²) in [5.74, 6) is 0.855. The van der Waals surface area contributed by atoms with Crippen LogP contribution >= 0.6 is 0 Å². The van der Waals surface area contributed by atoms with E-state index < -0.39 is 0 Å². The molecule has 168 valence electrons. The van der Waals surface area contributed by atoms with Crippen LogP contribution in [0, 0.1) is 0 Å². The first-order valence-electron chi connectivity index (χ1n) is 10.4. The Morgan fingerprint density at radius 2 is 0.967 bits per heavy atom. The maximum absolute atomic E-state index is 5.73. The lowest BCUT2D eigenvalue weighted by molar-refractivity contribution is -0.0159. The zero-order valence-corrected chi connectivity index (χ0v) is 17.9. The first-order valence-corrected chi connectivity index (χ1v) is 10.4. The van der Waals surface area contributed by atoms with Crippen LogP contribution in [0.1, 0.15) is 0 Å². The highest BCUT2D eigenvalue weighted by atomic mass is 16.6. The molecule has 0 bridgehead atoms. The molecule has 0 aliphatic heterocycles. The minimum absolute atomic E-state index is 0.513. The third-order valence-electron chi connectivity index (χ3n) is 4.14. The highest BCUT2D eigenvalue weighted by Gasteiger charge is 1.98. The summed E-state index contributed by atoms with van der Waals surface area (Å²) in [5, 5.41) is 2.38. The predicted octanol–water partition coefficient (Wildman–Crippen LogP) is 2.95. The maximum atomic E-state index is 5.73. The fraction of sp³-hybridized carbons (Fsp3) is 0.565. The van der Waals surface area contributed by atoms with Crippen LogP contribution in [-0.2, 0) is 28.4 Å². The molecule has 0 saturated carbocycles. The Morgan fingerprint density at radius 1 is 0.500 bits per heavy atom. The van der Waals surface area contributed by atoms with Crippen LogP contribution < -0.4 is 4.74 Å². The zero-order chi connectivity index (χ0) is 21.1. The second-order valence-electron chi connectivity index (χ2n) is 6.41. The molecule has 0 unspecified atom stereocenters. The zero-order valence-electron chi connectivity index (χ0n) is 17.9. The molecule has 2 aromatic rings.